The highest BCUT2D eigenvalue weighted by Gasteiger charge is 2.23. The Morgan fingerprint density at radius 2 is 1.83 bits per heavy atom. The minimum absolute atomic E-state index is 0.00129. The SMILES string of the molecule is CCNC(=O)CCNC(=O)C1CCN(CC)CC1. The third-order valence-electron chi connectivity index (χ3n) is 3.43. The molecule has 18 heavy (non-hydrogen) atoms. The number of piperidine rings is 1. The van der Waals surface area contributed by atoms with Gasteiger partial charge >= 0.3 is 0 Å². The molecule has 1 rings (SSSR count). The zero-order chi connectivity index (χ0) is 13.4. The van der Waals surface area contributed by atoms with Crippen LogP contribution in [0.25, 0.3) is 0 Å². The van der Waals surface area contributed by atoms with Gasteiger partial charge in [-0.1, -0.05) is 6.92 Å². The van der Waals surface area contributed by atoms with Crippen molar-refractivity contribution in [3.05, 3.63) is 0 Å². The van der Waals surface area contributed by atoms with Gasteiger partial charge in [0.15, 0.2) is 0 Å². The molecule has 1 aliphatic heterocycles. The quantitative estimate of drug-likeness (QED) is 0.720. The lowest BCUT2D eigenvalue weighted by molar-refractivity contribution is -0.126. The maximum Gasteiger partial charge on any atom is 0.223 e. The first-order valence-electron chi connectivity index (χ1n) is 6.94. The zero-order valence-corrected chi connectivity index (χ0v) is 11.5. The van der Waals surface area contributed by atoms with Crippen molar-refractivity contribution in [1.82, 2.24) is 15.5 Å². The molecule has 1 aliphatic rings. The second kappa shape index (κ2) is 8.08. The van der Waals surface area contributed by atoms with Gasteiger partial charge in [-0.05, 0) is 39.4 Å². The Hall–Kier alpha value is -1.10. The second-order valence-corrected chi connectivity index (χ2v) is 4.70. The maximum absolute atomic E-state index is 11.9. The van der Waals surface area contributed by atoms with Gasteiger partial charge in [0, 0.05) is 25.4 Å². The van der Waals surface area contributed by atoms with E-state index in [4.69, 9.17) is 0 Å². The largest absolute Gasteiger partial charge is 0.356 e. The molecule has 5 nitrogen and oxygen atoms in total. The number of likely N-dealkylation sites (tertiary alicyclic amines) is 1. The minimum Gasteiger partial charge on any atom is -0.356 e. The van der Waals surface area contributed by atoms with Crippen molar-refractivity contribution in [3.63, 3.8) is 0 Å². The van der Waals surface area contributed by atoms with Crippen molar-refractivity contribution in [2.24, 2.45) is 5.92 Å². The summed E-state index contributed by atoms with van der Waals surface area (Å²) in [6.07, 6.45) is 2.23. The summed E-state index contributed by atoms with van der Waals surface area (Å²) in [6.45, 7) is 8.19. The summed E-state index contributed by atoms with van der Waals surface area (Å²) < 4.78 is 0. The van der Waals surface area contributed by atoms with Crippen LogP contribution in [-0.2, 0) is 9.59 Å². The Kier molecular flexibility index (Phi) is 6.72. The third-order valence-corrected chi connectivity index (χ3v) is 3.43. The molecule has 0 aromatic carbocycles. The molecule has 0 spiro atoms. The fraction of sp³-hybridized carbons (Fsp3) is 0.846. The first-order valence-corrected chi connectivity index (χ1v) is 6.94. The molecule has 5 heteroatoms. The van der Waals surface area contributed by atoms with E-state index in [9.17, 15) is 9.59 Å². The number of rotatable bonds is 6. The Balaban J connectivity index is 2.15. The van der Waals surface area contributed by atoms with E-state index in [1.807, 2.05) is 6.92 Å². The Morgan fingerprint density at radius 3 is 2.39 bits per heavy atom. The van der Waals surface area contributed by atoms with Crippen molar-refractivity contribution in [1.29, 1.82) is 0 Å². The van der Waals surface area contributed by atoms with Gasteiger partial charge in [0.2, 0.25) is 11.8 Å². The van der Waals surface area contributed by atoms with Crippen LogP contribution in [-0.4, -0.2) is 49.4 Å². The van der Waals surface area contributed by atoms with Crippen molar-refractivity contribution in [3.8, 4) is 0 Å². The van der Waals surface area contributed by atoms with Crippen LogP contribution >= 0.6 is 0 Å². The Morgan fingerprint density at radius 1 is 1.17 bits per heavy atom. The van der Waals surface area contributed by atoms with E-state index >= 15 is 0 Å². The van der Waals surface area contributed by atoms with E-state index in [0.717, 1.165) is 32.5 Å². The fourth-order valence-electron chi connectivity index (χ4n) is 2.24. The molecule has 0 bridgehead atoms. The number of carbonyl (C=O) groups is 2. The predicted molar refractivity (Wildman–Crippen MR) is 71.1 cm³/mol. The molecule has 0 atom stereocenters. The van der Waals surface area contributed by atoms with Crippen molar-refractivity contribution < 1.29 is 9.59 Å². The normalized spacial score (nSPS) is 17.4. The lowest BCUT2D eigenvalue weighted by Gasteiger charge is -2.30. The predicted octanol–water partition coefficient (Wildman–Crippen LogP) is 0.361. The van der Waals surface area contributed by atoms with E-state index in [1.54, 1.807) is 0 Å². The summed E-state index contributed by atoms with van der Waals surface area (Å²) in [5, 5.41) is 5.57. The molecule has 104 valence electrons. The molecule has 1 fully saturated rings. The standard InChI is InChI=1S/C13H25N3O2/c1-3-14-12(17)5-8-15-13(18)11-6-9-16(4-2)10-7-11/h11H,3-10H2,1-2H3,(H,14,17)(H,15,18). The highest BCUT2D eigenvalue weighted by Crippen LogP contribution is 2.16. The van der Waals surface area contributed by atoms with E-state index in [2.05, 4.69) is 22.5 Å². The highest BCUT2D eigenvalue weighted by atomic mass is 16.2. The summed E-state index contributed by atoms with van der Waals surface area (Å²) in [5.74, 6) is 0.232. The number of carbonyl (C=O) groups excluding carboxylic acids is 2. The van der Waals surface area contributed by atoms with Crippen LogP contribution in [0.5, 0.6) is 0 Å². The van der Waals surface area contributed by atoms with E-state index < -0.39 is 0 Å². The summed E-state index contributed by atoms with van der Waals surface area (Å²) in [5.41, 5.74) is 0. The molecular weight excluding hydrogens is 230 g/mol. The summed E-state index contributed by atoms with van der Waals surface area (Å²) in [6, 6.07) is 0. The van der Waals surface area contributed by atoms with Crippen LogP contribution < -0.4 is 10.6 Å². The van der Waals surface area contributed by atoms with Gasteiger partial charge in [-0.2, -0.15) is 0 Å². The Labute approximate surface area is 109 Å². The maximum atomic E-state index is 11.9. The fourth-order valence-corrected chi connectivity index (χ4v) is 2.24. The smallest absolute Gasteiger partial charge is 0.223 e. The molecule has 0 aromatic rings. The van der Waals surface area contributed by atoms with E-state index in [-0.39, 0.29) is 17.7 Å². The molecule has 0 aliphatic carbocycles. The lowest BCUT2D eigenvalue weighted by Crippen LogP contribution is -2.41. The number of hydrogen-bond donors (Lipinski definition) is 2. The first-order chi connectivity index (χ1) is 8.67. The van der Waals surface area contributed by atoms with Gasteiger partial charge in [-0.15, -0.1) is 0 Å². The minimum atomic E-state index is -0.00129. The van der Waals surface area contributed by atoms with Crippen LogP contribution in [0.4, 0.5) is 0 Å². The first kappa shape index (κ1) is 15.0. The average molecular weight is 255 g/mol. The van der Waals surface area contributed by atoms with E-state index in [0.29, 0.717) is 19.5 Å². The van der Waals surface area contributed by atoms with Crippen LogP contribution in [0.15, 0.2) is 0 Å². The van der Waals surface area contributed by atoms with Gasteiger partial charge in [0.1, 0.15) is 0 Å². The lowest BCUT2D eigenvalue weighted by atomic mass is 9.96. The molecule has 0 saturated carbocycles. The van der Waals surface area contributed by atoms with Gasteiger partial charge in [0.25, 0.3) is 0 Å². The average Bonchev–Trinajstić information content (AvgIpc) is 2.39. The highest BCUT2D eigenvalue weighted by molar-refractivity contribution is 5.80. The number of nitrogens with zero attached hydrogens (tertiary/aromatic N) is 1. The molecular formula is C13H25N3O2. The Bertz CT molecular complexity index is 273. The summed E-state index contributed by atoms with van der Waals surface area (Å²) in [7, 11) is 0. The van der Waals surface area contributed by atoms with Gasteiger partial charge < -0.3 is 15.5 Å². The molecule has 0 aromatic heterocycles. The molecule has 1 saturated heterocycles. The van der Waals surface area contributed by atoms with Crippen molar-refractivity contribution in [2.45, 2.75) is 33.1 Å². The molecule has 1 heterocycles. The van der Waals surface area contributed by atoms with Crippen LogP contribution in [0, 0.1) is 5.92 Å². The van der Waals surface area contributed by atoms with Crippen molar-refractivity contribution >= 4 is 11.8 Å². The molecule has 0 radical (unpaired) electrons. The van der Waals surface area contributed by atoms with Crippen LogP contribution in [0.1, 0.15) is 33.1 Å². The molecule has 0 unspecified atom stereocenters. The summed E-state index contributed by atoms with van der Waals surface area (Å²) >= 11 is 0. The molecule has 2 amide bonds. The molecule has 2 N–H and O–H groups in total. The van der Waals surface area contributed by atoms with Crippen LogP contribution in [0.2, 0.25) is 0 Å². The van der Waals surface area contributed by atoms with Gasteiger partial charge in [0.05, 0.1) is 0 Å². The monoisotopic (exact) mass is 255 g/mol. The third kappa shape index (κ3) is 5.04. The van der Waals surface area contributed by atoms with Gasteiger partial charge in [-0.3, -0.25) is 9.59 Å². The van der Waals surface area contributed by atoms with E-state index in [1.165, 1.54) is 0 Å². The second-order valence-electron chi connectivity index (χ2n) is 4.70. The van der Waals surface area contributed by atoms with Crippen LogP contribution in [0.3, 0.4) is 0 Å². The number of amides is 2. The topological polar surface area (TPSA) is 61.4 Å². The van der Waals surface area contributed by atoms with Gasteiger partial charge in [-0.25, -0.2) is 0 Å². The zero-order valence-electron chi connectivity index (χ0n) is 11.5. The summed E-state index contributed by atoms with van der Waals surface area (Å²) in [4.78, 5) is 25.4. The number of hydrogen-bond acceptors (Lipinski definition) is 3. The van der Waals surface area contributed by atoms with Crippen molar-refractivity contribution in [2.75, 3.05) is 32.7 Å². The number of nitrogens with one attached hydrogen (secondary N) is 2.